The molecule has 0 aliphatic carbocycles. The van der Waals surface area contributed by atoms with Crippen molar-refractivity contribution in [2.24, 2.45) is 0 Å². The number of carbonyl (C=O) groups is 1. The van der Waals surface area contributed by atoms with Crippen LogP contribution in [0.25, 0.3) is 0 Å². The maximum atomic E-state index is 12.2. The van der Waals surface area contributed by atoms with E-state index >= 15 is 0 Å². The Bertz CT molecular complexity index is 436. The Morgan fingerprint density at radius 1 is 1.20 bits per heavy atom. The summed E-state index contributed by atoms with van der Waals surface area (Å²) in [6.45, 7) is 1.16. The zero-order valence-electron chi connectivity index (χ0n) is 12.0. The average Bonchev–Trinajstić information content (AvgIpc) is 2.40. The third kappa shape index (κ3) is 5.54. The molecule has 0 saturated carbocycles. The Labute approximate surface area is 137 Å². The fraction of sp³-hybridized carbons (Fsp3) is 0.533. The molecule has 0 unspecified atom stereocenters. The van der Waals surface area contributed by atoms with E-state index in [2.05, 4.69) is 37.9 Å². The molecule has 20 heavy (non-hydrogen) atoms. The average molecular weight is 407 g/mol. The summed E-state index contributed by atoms with van der Waals surface area (Å²) in [5.41, 5.74) is 3.00. The number of rotatable bonds is 8. The van der Waals surface area contributed by atoms with Gasteiger partial charge in [-0.05, 0) is 44.1 Å². The lowest BCUT2D eigenvalue weighted by Gasteiger charge is -2.14. The van der Waals surface area contributed by atoms with E-state index in [4.69, 9.17) is 4.74 Å². The van der Waals surface area contributed by atoms with E-state index in [9.17, 15) is 4.79 Å². The van der Waals surface area contributed by atoms with Gasteiger partial charge in [0, 0.05) is 17.2 Å². The fourth-order valence-corrected chi connectivity index (χ4v) is 2.77. The number of hydrogen-bond acceptors (Lipinski definition) is 3. The van der Waals surface area contributed by atoms with Crippen molar-refractivity contribution in [3.05, 3.63) is 34.9 Å². The van der Waals surface area contributed by atoms with Crippen LogP contribution in [-0.4, -0.2) is 48.8 Å². The summed E-state index contributed by atoms with van der Waals surface area (Å²) in [5, 5.41) is 1.73. The van der Waals surface area contributed by atoms with E-state index in [0.29, 0.717) is 12.2 Å². The van der Waals surface area contributed by atoms with Gasteiger partial charge in [0.25, 0.3) is 0 Å². The molecule has 1 aromatic rings. The van der Waals surface area contributed by atoms with E-state index in [0.717, 1.165) is 35.6 Å². The van der Waals surface area contributed by atoms with E-state index in [1.807, 2.05) is 31.1 Å². The number of alkyl halides is 2. The lowest BCUT2D eigenvalue weighted by molar-refractivity contribution is 0.0480. The summed E-state index contributed by atoms with van der Waals surface area (Å²) >= 11 is 6.91. The molecule has 0 amide bonds. The topological polar surface area (TPSA) is 29.5 Å². The van der Waals surface area contributed by atoms with Gasteiger partial charge in [-0.25, -0.2) is 4.79 Å². The minimum Gasteiger partial charge on any atom is -0.461 e. The molecule has 0 radical (unpaired) electrons. The molecule has 112 valence electrons. The van der Waals surface area contributed by atoms with Crippen LogP contribution in [0.3, 0.4) is 0 Å². The summed E-state index contributed by atoms with van der Waals surface area (Å²) in [6, 6.07) is 5.86. The van der Waals surface area contributed by atoms with Crippen LogP contribution in [0.1, 0.15) is 21.5 Å². The van der Waals surface area contributed by atoms with Crippen molar-refractivity contribution in [2.75, 3.05) is 37.9 Å². The molecule has 0 heterocycles. The second-order valence-electron chi connectivity index (χ2n) is 4.76. The van der Waals surface area contributed by atoms with Gasteiger partial charge in [-0.3, -0.25) is 0 Å². The van der Waals surface area contributed by atoms with Gasteiger partial charge in [0.15, 0.2) is 0 Å². The number of ether oxygens (including phenoxy) is 1. The summed E-state index contributed by atoms with van der Waals surface area (Å²) < 4.78 is 5.35. The Morgan fingerprint density at radius 2 is 1.90 bits per heavy atom. The van der Waals surface area contributed by atoms with Gasteiger partial charge < -0.3 is 9.64 Å². The second-order valence-corrected chi connectivity index (χ2v) is 6.35. The number of carbonyl (C=O) groups excluding carboxylic acids is 1. The molecule has 0 saturated heterocycles. The van der Waals surface area contributed by atoms with Gasteiger partial charge in [0.05, 0.1) is 5.56 Å². The first kappa shape index (κ1) is 17.7. The minimum atomic E-state index is -0.223. The lowest BCUT2D eigenvalue weighted by Crippen LogP contribution is -2.21. The maximum absolute atomic E-state index is 12.2. The van der Waals surface area contributed by atoms with Crippen molar-refractivity contribution in [3.63, 3.8) is 0 Å². The van der Waals surface area contributed by atoms with Crippen molar-refractivity contribution in [1.29, 1.82) is 0 Å². The van der Waals surface area contributed by atoms with Gasteiger partial charge >= 0.3 is 5.97 Å². The summed E-state index contributed by atoms with van der Waals surface area (Å²) in [4.78, 5) is 14.2. The van der Waals surface area contributed by atoms with Crippen molar-refractivity contribution in [1.82, 2.24) is 4.90 Å². The third-order valence-electron chi connectivity index (χ3n) is 2.97. The molecule has 0 aliphatic rings. The predicted molar refractivity (Wildman–Crippen MR) is 90.3 cm³/mol. The van der Waals surface area contributed by atoms with Crippen molar-refractivity contribution < 1.29 is 9.53 Å². The molecule has 0 N–H and O–H groups in total. The summed E-state index contributed by atoms with van der Waals surface area (Å²) in [6.07, 6.45) is 1.75. The molecular weight excluding hydrogens is 386 g/mol. The van der Waals surface area contributed by atoms with E-state index in [-0.39, 0.29) is 5.97 Å². The van der Waals surface area contributed by atoms with Crippen molar-refractivity contribution in [3.8, 4) is 0 Å². The molecule has 0 spiro atoms. The number of halogens is 2. The van der Waals surface area contributed by atoms with Gasteiger partial charge in [0.2, 0.25) is 0 Å². The molecule has 3 nitrogen and oxygen atoms in total. The van der Waals surface area contributed by atoms with Crippen LogP contribution in [0, 0.1) is 0 Å². The number of benzene rings is 1. The van der Waals surface area contributed by atoms with E-state index in [1.54, 1.807) is 0 Å². The number of aryl methyl sites for hydroxylation is 1. The maximum Gasteiger partial charge on any atom is 0.338 e. The first-order chi connectivity index (χ1) is 9.60. The Kier molecular flexibility index (Phi) is 8.41. The number of nitrogens with zero attached hydrogens (tertiary/aromatic N) is 1. The predicted octanol–water partition coefficient (Wildman–Crippen LogP) is 3.28. The highest BCUT2D eigenvalue weighted by molar-refractivity contribution is 9.09. The Balaban J connectivity index is 2.86. The Hall–Kier alpha value is -0.390. The molecule has 5 heteroatoms. The highest BCUT2D eigenvalue weighted by atomic mass is 79.9. The van der Waals surface area contributed by atoms with Crippen LogP contribution in [0.5, 0.6) is 0 Å². The standard InChI is InChI=1S/C15H21Br2NO2/c1-18(2)10-11-20-15(19)14-5-3-4-12(6-8-16)13(14)7-9-17/h3-5H,6-11H2,1-2H3. The van der Waals surface area contributed by atoms with Crippen LogP contribution in [0.2, 0.25) is 0 Å². The highest BCUT2D eigenvalue weighted by Gasteiger charge is 2.15. The largest absolute Gasteiger partial charge is 0.461 e. The molecule has 0 fully saturated rings. The van der Waals surface area contributed by atoms with Crippen molar-refractivity contribution >= 4 is 37.8 Å². The second kappa shape index (κ2) is 9.53. The summed E-state index contributed by atoms with van der Waals surface area (Å²) in [5.74, 6) is -0.223. The smallest absolute Gasteiger partial charge is 0.338 e. The van der Waals surface area contributed by atoms with E-state index in [1.165, 1.54) is 5.56 Å². The molecule has 0 atom stereocenters. The van der Waals surface area contributed by atoms with Crippen LogP contribution in [0.4, 0.5) is 0 Å². The highest BCUT2D eigenvalue weighted by Crippen LogP contribution is 2.19. The quantitative estimate of drug-likeness (QED) is 0.490. The van der Waals surface area contributed by atoms with Gasteiger partial charge in [-0.2, -0.15) is 0 Å². The first-order valence-corrected chi connectivity index (χ1v) is 8.89. The Morgan fingerprint density at radius 3 is 2.50 bits per heavy atom. The molecule has 1 rings (SSSR count). The molecule has 1 aromatic carbocycles. The third-order valence-corrected chi connectivity index (χ3v) is 3.77. The van der Waals surface area contributed by atoms with Crippen LogP contribution in [0.15, 0.2) is 18.2 Å². The molecule has 0 aromatic heterocycles. The van der Waals surface area contributed by atoms with Crippen molar-refractivity contribution in [2.45, 2.75) is 12.8 Å². The summed E-state index contributed by atoms with van der Waals surface area (Å²) in [7, 11) is 3.92. The van der Waals surface area contributed by atoms with Crippen LogP contribution in [-0.2, 0) is 17.6 Å². The molecular formula is C15H21Br2NO2. The monoisotopic (exact) mass is 405 g/mol. The van der Waals surface area contributed by atoms with Gasteiger partial charge in [0.1, 0.15) is 6.61 Å². The van der Waals surface area contributed by atoms with Gasteiger partial charge in [-0.1, -0.05) is 44.0 Å². The lowest BCUT2D eigenvalue weighted by atomic mass is 9.97. The fourth-order valence-electron chi connectivity index (χ4n) is 1.95. The normalized spacial score (nSPS) is 10.8. The minimum absolute atomic E-state index is 0.223. The molecule has 0 bridgehead atoms. The first-order valence-electron chi connectivity index (χ1n) is 6.64. The number of hydrogen-bond donors (Lipinski definition) is 0. The van der Waals surface area contributed by atoms with Gasteiger partial charge in [-0.15, -0.1) is 0 Å². The number of likely N-dealkylation sites (N-methyl/N-ethyl adjacent to an activating group) is 1. The van der Waals surface area contributed by atoms with Crippen LogP contribution >= 0.6 is 31.9 Å². The zero-order valence-corrected chi connectivity index (χ0v) is 15.2. The molecule has 0 aliphatic heterocycles. The van der Waals surface area contributed by atoms with Crippen LogP contribution < -0.4 is 0 Å². The number of esters is 1. The zero-order chi connectivity index (χ0) is 15.0. The SMILES string of the molecule is CN(C)CCOC(=O)c1cccc(CCBr)c1CCBr. The van der Waals surface area contributed by atoms with E-state index < -0.39 is 0 Å².